The summed E-state index contributed by atoms with van der Waals surface area (Å²) < 4.78 is 6.02. The lowest BCUT2D eigenvalue weighted by atomic mass is 9.66. The maximum atomic E-state index is 11.8. The summed E-state index contributed by atoms with van der Waals surface area (Å²) in [6, 6.07) is 10.9. The summed E-state index contributed by atoms with van der Waals surface area (Å²) in [7, 11) is 2.21. The van der Waals surface area contributed by atoms with E-state index in [9.17, 15) is 4.79 Å². The molecule has 1 heterocycles. The molecule has 0 unspecified atom stereocenters. The number of ether oxygens (including phenoxy) is 1. The summed E-state index contributed by atoms with van der Waals surface area (Å²) in [6.07, 6.45) is 5.80. The summed E-state index contributed by atoms with van der Waals surface area (Å²) in [5.74, 6) is 0.254. The highest BCUT2D eigenvalue weighted by Crippen LogP contribution is 2.48. The zero-order valence-electron chi connectivity index (χ0n) is 13.0. The topological polar surface area (TPSA) is 29.5 Å². The molecule has 2 fully saturated rings. The Hall–Kier alpha value is -1.35. The molecule has 0 aromatic heterocycles. The largest absolute Gasteiger partial charge is 0.454 e. The lowest BCUT2D eigenvalue weighted by Gasteiger charge is -2.53. The Balaban J connectivity index is 2.03. The SMILES string of the molecule is CC(=O)O[C@]1(c2ccccc2)CCN(C)[C@@H]2CCCC[C@@H]21. The number of rotatable bonds is 2. The summed E-state index contributed by atoms with van der Waals surface area (Å²) in [6.45, 7) is 2.53. The second kappa shape index (κ2) is 5.80. The van der Waals surface area contributed by atoms with Crippen molar-refractivity contribution in [2.45, 2.75) is 50.7 Å². The predicted molar refractivity (Wildman–Crippen MR) is 82.9 cm³/mol. The zero-order valence-corrected chi connectivity index (χ0v) is 13.0. The molecular formula is C18H25NO2. The molecule has 0 spiro atoms. The summed E-state index contributed by atoms with van der Waals surface area (Å²) in [4.78, 5) is 14.3. The molecule has 0 amide bonds. The van der Waals surface area contributed by atoms with Gasteiger partial charge in [0.1, 0.15) is 5.60 Å². The first kappa shape index (κ1) is 14.6. The predicted octanol–water partition coefficient (Wildman–Crippen LogP) is 3.34. The molecule has 1 aromatic carbocycles. The Morgan fingerprint density at radius 1 is 1.24 bits per heavy atom. The van der Waals surface area contributed by atoms with Crippen molar-refractivity contribution in [1.29, 1.82) is 0 Å². The minimum Gasteiger partial charge on any atom is -0.454 e. The highest BCUT2D eigenvalue weighted by Gasteiger charge is 2.51. The molecule has 1 saturated carbocycles. The van der Waals surface area contributed by atoms with E-state index in [1.807, 2.05) is 6.07 Å². The van der Waals surface area contributed by atoms with Crippen LogP contribution in [-0.2, 0) is 15.1 Å². The van der Waals surface area contributed by atoms with Gasteiger partial charge in [-0.1, -0.05) is 43.2 Å². The molecule has 3 rings (SSSR count). The van der Waals surface area contributed by atoms with Crippen molar-refractivity contribution in [3.63, 3.8) is 0 Å². The molecule has 3 heteroatoms. The number of hydrogen-bond acceptors (Lipinski definition) is 3. The second-order valence-corrected chi connectivity index (χ2v) is 6.54. The number of carbonyl (C=O) groups excluding carboxylic acids is 1. The van der Waals surface area contributed by atoms with Crippen LogP contribution in [0.5, 0.6) is 0 Å². The summed E-state index contributed by atoms with van der Waals surface area (Å²) >= 11 is 0. The second-order valence-electron chi connectivity index (χ2n) is 6.54. The number of esters is 1. The Kier molecular flexibility index (Phi) is 4.03. The van der Waals surface area contributed by atoms with Gasteiger partial charge in [0, 0.05) is 31.8 Å². The van der Waals surface area contributed by atoms with E-state index >= 15 is 0 Å². The molecule has 0 radical (unpaired) electrons. The van der Waals surface area contributed by atoms with Crippen molar-refractivity contribution in [2.75, 3.05) is 13.6 Å². The van der Waals surface area contributed by atoms with Crippen molar-refractivity contribution in [3.05, 3.63) is 35.9 Å². The Morgan fingerprint density at radius 2 is 1.95 bits per heavy atom. The number of nitrogens with zero attached hydrogens (tertiary/aromatic N) is 1. The van der Waals surface area contributed by atoms with Gasteiger partial charge >= 0.3 is 5.97 Å². The third-order valence-corrected chi connectivity index (χ3v) is 5.32. The maximum absolute atomic E-state index is 11.8. The van der Waals surface area contributed by atoms with Crippen molar-refractivity contribution in [1.82, 2.24) is 4.90 Å². The van der Waals surface area contributed by atoms with E-state index in [1.54, 1.807) is 6.92 Å². The van der Waals surface area contributed by atoms with Crippen molar-refractivity contribution < 1.29 is 9.53 Å². The molecule has 1 aliphatic heterocycles. The molecule has 3 nitrogen and oxygen atoms in total. The first-order valence-electron chi connectivity index (χ1n) is 8.09. The van der Waals surface area contributed by atoms with Gasteiger partial charge in [-0.15, -0.1) is 0 Å². The van der Waals surface area contributed by atoms with Gasteiger partial charge in [0.2, 0.25) is 0 Å². The van der Waals surface area contributed by atoms with Crippen molar-refractivity contribution >= 4 is 5.97 Å². The normalized spacial score (nSPS) is 33.2. The smallest absolute Gasteiger partial charge is 0.303 e. The number of fused-ring (bicyclic) bond motifs is 1. The van der Waals surface area contributed by atoms with Crippen LogP contribution < -0.4 is 0 Å². The Labute approximate surface area is 127 Å². The molecule has 114 valence electrons. The van der Waals surface area contributed by atoms with Gasteiger partial charge in [-0.25, -0.2) is 0 Å². The van der Waals surface area contributed by atoms with Crippen LogP contribution in [0.25, 0.3) is 0 Å². The first-order valence-corrected chi connectivity index (χ1v) is 8.09. The van der Waals surface area contributed by atoms with Crippen LogP contribution in [0, 0.1) is 5.92 Å². The van der Waals surface area contributed by atoms with Crippen LogP contribution in [0.1, 0.15) is 44.6 Å². The highest BCUT2D eigenvalue weighted by molar-refractivity contribution is 5.67. The lowest BCUT2D eigenvalue weighted by molar-refractivity contribution is -0.182. The van der Waals surface area contributed by atoms with Gasteiger partial charge < -0.3 is 9.64 Å². The molecule has 3 atom stereocenters. The van der Waals surface area contributed by atoms with Gasteiger partial charge in [0.05, 0.1) is 0 Å². The van der Waals surface area contributed by atoms with Crippen LogP contribution in [0.4, 0.5) is 0 Å². The van der Waals surface area contributed by atoms with Gasteiger partial charge in [0.25, 0.3) is 0 Å². The zero-order chi connectivity index (χ0) is 14.9. The molecule has 21 heavy (non-hydrogen) atoms. The van der Waals surface area contributed by atoms with E-state index in [1.165, 1.54) is 24.8 Å². The minimum atomic E-state index is -0.426. The fourth-order valence-electron chi connectivity index (χ4n) is 4.40. The van der Waals surface area contributed by atoms with Gasteiger partial charge in [0.15, 0.2) is 0 Å². The van der Waals surface area contributed by atoms with E-state index in [0.717, 1.165) is 19.4 Å². The van der Waals surface area contributed by atoms with Crippen molar-refractivity contribution in [2.24, 2.45) is 5.92 Å². The molecule has 2 aliphatic rings. The van der Waals surface area contributed by atoms with Gasteiger partial charge in [-0.2, -0.15) is 0 Å². The quantitative estimate of drug-likeness (QED) is 0.781. The molecule has 0 bridgehead atoms. The lowest BCUT2D eigenvalue weighted by Crippen LogP contribution is -2.57. The molecule has 1 aliphatic carbocycles. The van der Waals surface area contributed by atoms with E-state index in [-0.39, 0.29) is 5.97 Å². The highest BCUT2D eigenvalue weighted by atomic mass is 16.6. The van der Waals surface area contributed by atoms with E-state index in [2.05, 4.69) is 36.2 Å². The average molecular weight is 287 g/mol. The fraction of sp³-hybridized carbons (Fsp3) is 0.611. The van der Waals surface area contributed by atoms with Crippen LogP contribution in [0.2, 0.25) is 0 Å². The molecular weight excluding hydrogens is 262 g/mol. The monoisotopic (exact) mass is 287 g/mol. The van der Waals surface area contributed by atoms with Crippen molar-refractivity contribution in [3.8, 4) is 0 Å². The number of benzene rings is 1. The maximum Gasteiger partial charge on any atom is 0.303 e. The Morgan fingerprint density at radius 3 is 2.67 bits per heavy atom. The summed E-state index contributed by atoms with van der Waals surface area (Å²) in [5, 5.41) is 0. The van der Waals surface area contributed by atoms with Crippen LogP contribution in [-0.4, -0.2) is 30.5 Å². The fourth-order valence-corrected chi connectivity index (χ4v) is 4.40. The summed E-state index contributed by atoms with van der Waals surface area (Å²) in [5.41, 5.74) is 0.746. The number of hydrogen-bond donors (Lipinski definition) is 0. The third kappa shape index (κ3) is 2.59. The average Bonchev–Trinajstić information content (AvgIpc) is 2.51. The van der Waals surface area contributed by atoms with Gasteiger partial charge in [-0.05, 0) is 25.5 Å². The van der Waals surface area contributed by atoms with Crippen LogP contribution >= 0.6 is 0 Å². The van der Waals surface area contributed by atoms with Crippen LogP contribution in [0.15, 0.2) is 30.3 Å². The first-order chi connectivity index (χ1) is 10.1. The number of carbonyl (C=O) groups is 1. The molecule has 0 N–H and O–H groups in total. The molecule has 1 saturated heterocycles. The minimum absolute atomic E-state index is 0.160. The van der Waals surface area contributed by atoms with Gasteiger partial charge in [-0.3, -0.25) is 4.79 Å². The number of piperidine rings is 1. The van der Waals surface area contributed by atoms with E-state index in [4.69, 9.17) is 4.74 Å². The van der Waals surface area contributed by atoms with E-state index in [0.29, 0.717) is 12.0 Å². The molecule has 1 aromatic rings. The van der Waals surface area contributed by atoms with Crippen LogP contribution in [0.3, 0.4) is 0 Å². The standard InChI is InChI=1S/C18H25NO2/c1-14(20)21-18(15-8-4-3-5-9-15)12-13-19(2)17-11-7-6-10-16(17)18/h3-5,8-9,16-17H,6-7,10-13H2,1-2H3/t16-,17+,18-/m0/s1. The number of likely N-dealkylation sites (tertiary alicyclic amines) is 1. The Bertz CT molecular complexity index is 501. The van der Waals surface area contributed by atoms with E-state index < -0.39 is 5.60 Å². The third-order valence-electron chi connectivity index (χ3n) is 5.32.